The molecule has 0 radical (unpaired) electrons. The Kier molecular flexibility index (Phi) is 5.74. The molecule has 0 aliphatic carbocycles. The number of nitrogens with zero attached hydrogens (tertiary/aromatic N) is 4. The molecule has 1 amide bonds. The molecule has 0 spiro atoms. The topological polar surface area (TPSA) is 62.5 Å². The molecule has 1 unspecified atom stereocenters. The fourth-order valence-corrected chi connectivity index (χ4v) is 4.26. The van der Waals surface area contributed by atoms with E-state index in [1.165, 1.54) is 6.42 Å². The quantitative estimate of drug-likeness (QED) is 0.800. The van der Waals surface area contributed by atoms with E-state index in [4.69, 9.17) is 16.1 Å². The lowest BCUT2D eigenvalue weighted by Gasteiger charge is -2.35. The fourth-order valence-electron chi connectivity index (χ4n) is 4.04. The van der Waals surface area contributed by atoms with Gasteiger partial charge in [-0.3, -0.25) is 9.69 Å². The predicted molar refractivity (Wildman–Crippen MR) is 103 cm³/mol. The zero-order chi connectivity index (χ0) is 18.6. The molecule has 4 rings (SSSR count). The zero-order valence-corrected chi connectivity index (χ0v) is 16.2. The number of benzene rings is 1. The lowest BCUT2D eigenvalue weighted by Crippen LogP contribution is -2.46. The molecule has 2 aromatic rings. The van der Waals surface area contributed by atoms with Gasteiger partial charge in [-0.2, -0.15) is 4.98 Å². The minimum Gasteiger partial charge on any atom is -0.342 e. The number of carbonyl (C=O) groups is 1. The van der Waals surface area contributed by atoms with Crippen LogP contribution in [0.5, 0.6) is 0 Å². The minimum absolute atomic E-state index is 0.0859. The summed E-state index contributed by atoms with van der Waals surface area (Å²) in [6.07, 6.45) is 5.51. The van der Waals surface area contributed by atoms with Gasteiger partial charge in [0.2, 0.25) is 17.6 Å². The number of rotatable bonds is 4. The van der Waals surface area contributed by atoms with E-state index in [0.29, 0.717) is 29.2 Å². The van der Waals surface area contributed by atoms with Crippen LogP contribution in [0.3, 0.4) is 0 Å². The molecule has 1 aromatic carbocycles. The van der Waals surface area contributed by atoms with Crippen LogP contribution in [0.25, 0.3) is 11.4 Å². The van der Waals surface area contributed by atoms with Crippen molar-refractivity contribution >= 4 is 17.5 Å². The monoisotopic (exact) mass is 388 g/mol. The van der Waals surface area contributed by atoms with Crippen LogP contribution < -0.4 is 0 Å². The van der Waals surface area contributed by atoms with Gasteiger partial charge >= 0.3 is 0 Å². The van der Waals surface area contributed by atoms with E-state index in [0.717, 1.165) is 57.4 Å². The Hall–Kier alpha value is -1.92. The molecule has 0 N–H and O–H groups in total. The molecule has 27 heavy (non-hydrogen) atoms. The molecule has 6 nitrogen and oxygen atoms in total. The Balaban J connectivity index is 1.38. The number of halogens is 1. The first-order chi connectivity index (χ1) is 13.2. The molecule has 0 bridgehead atoms. The van der Waals surface area contributed by atoms with E-state index in [1.54, 1.807) is 0 Å². The number of piperidine rings is 2. The highest BCUT2D eigenvalue weighted by atomic mass is 35.5. The fraction of sp³-hybridized carbons (Fsp3) is 0.550. The highest BCUT2D eigenvalue weighted by molar-refractivity contribution is 6.33. The summed E-state index contributed by atoms with van der Waals surface area (Å²) in [6, 6.07) is 7.47. The van der Waals surface area contributed by atoms with Crippen LogP contribution in [0.1, 0.15) is 38.0 Å². The van der Waals surface area contributed by atoms with E-state index in [-0.39, 0.29) is 5.92 Å². The van der Waals surface area contributed by atoms with E-state index >= 15 is 0 Å². The van der Waals surface area contributed by atoms with Crippen molar-refractivity contribution in [2.24, 2.45) is 5.92 Å². The van der Waals surface area contributed by atoms with Gasteiger partial charge in [0, 0.05) is 25.2 Å². The molecule has 2 aliphatic rings. The Morgan fingerprint density at radius 3 is 2.78 bits per heavy atom. The van der Waals surface area contributed by atoms with Crippen molar-refractivity contribution < 1.29 is 9.32 Å². The minimum atomic E-state index is 0.0859. The second-order valence-electron chi connectivity index (χ2n) is 7.45. The number of hydrogen-bond acceptors (Lipinski definition) is 5. The number of carbonyl (C=O) groups excluding carboxylic acids is 1. The van der Waals surface area contributed by atoms with E-state index in [1.807, 2.05) is 24.3 Å². The largest absolute Gasteiger partial charge is 0.342 e. The van der Waals surface area contributed by atoms with Crippen molar-refractivity contribution in [2.45, 2.75) is 38.6 Å². The highest BCUT2D eigenvalue weighted by Crippen LogP contribution is 2.26. The summed E-state index contributed by atoms with van der Waals surface area (Å²) in [4.78, 5) is 21.6. The van der Waals surface area contributed by atoms with Gasteiger partial charge in [-0.1, -0.05) is 28.9 Å². The Morgan fingerprint density at radius 2 is 1.96 bits per heavy atom. The van der Waals surface area contributed by atoms with E-state index in [9.17, 15) is 4.79 Å². The van der Waals surface area contributed by atoms with Gasteiger partial charge in [0.1, 0.15) is 0 Å². The third-order valence-electron chi connectivity index (χ3n) is 5.46. The Morgan fingerprint density at radius 1 is 1.15 bits per heavy atom. The van der Waals surface area contributed by atoms with E-state index < -0.39 is 0 Å². The number of hydrogen-bond donors (Lipinski definition) is 0. The third-order valence-corrected chi connectivity index (χ3v) is 5.79. The third kappa shape index (κ3) is 4.33. The van der Waals surface area contributed by atoms with Crippen molar-refractivity contribution in [3.63, 3.8) is 0 Å². The lowest BCUT2D eigenvalue weighted by molar-refractivity contribution is -0.138. The molecule has 0 saturated carbocycles. The highest BCUT2D eigenvalue weighted by Gasteiger charge is 2.30. The number of likely N-dealkylation sites (tertiary alicyclic amines) is 2. The van der Waals surface area contributed by atoms with Crippen LogP contribution in [0.4, 0.5) is 0 Å². The summed E-state index contributed by atoms with van der Waals surface area (Å²) in [5.74, 6) is 1.48. The molecule has 144 valence electrons. The van der Waals surface area contributed by atoms with Gasteiger partial charge in [0.25, 0.3) is 0 Å². The van der Waals surface area contributed by atoms with Gasteiger partial charge in [-0.05, 0) is 50.8 Å². The van der Waals surface area contributed by atoms with Crippen LogP contribution in [-0.4, -0.2) is 52.0 Å². The Bertz CT molecular complexity index is 788. The zero-order valence-electron chi connectivity index (χ0n) is 15.4. The number of amides is 1. The summed E-state index contributed by atoms with van der Waals surface area (Å²) in [6.45, 7) is 4.12. The van der Waals surface area contributed by atoms with Crippen molar-refractivity contribution in [1.82, 2.24) is 19.9 Å². The normalized spacial score (nSPS) is 21.4. The van der Waals surface area contributed by atoms with Gasteiger partial charge in [0.05, 0.1) is 17.5 Å². The smallest absolute Gasteiger partial charge is 0.241 e. The number of aromatic nitrogens is 2. The summed E-state index contributed by atoms with van der Waals surface area (Å²) < 4.78 is 5.43. The van der Waals surface area contributed by atoms with Gasteiger partial charge in [0.15, 0.2) is 0 Å². The maximum atomic E-state index is 12.8. The molecule has 3 heterocycles. The molecule has 2 saturated heterocycles. The van der Waals surface area contributed by atoms with Crippen molar-refractivity contribution in [1.29, 1.82) is 0 Å². The summed E-state index contributed by atoms with van der Waals surface area (Å²) in [5.41, 5.74) is 0.769. The molecule has 1 aromatic heterocycles. The molecule has 7 heteroatoms. The molecule has 1 atom stereocenters. The Labute approximate surface area is 164 Å². The first-order valence-corrected chi connectivity index (χ1v) is 10.2. The average molecular weight is 389 g/mol. The standard InChI is InChI=1S/C20H25ClN4O2/c21-17-9-3-2-8-16(17)19-22-18(27-23-19)14-24-10-6-7-15(13-24)20(26)25-11-4-1-5-12-25/h2-3,8-9,15H,1,4-7,10-14H2. The second kappa shape index (κ2) is 8.40. The predicted octanol–water partition coefficient (Wildman–Crippen LogP) is 3.61. The van der Waals surface area contributed by atoms with Gasteiger partial charge < -0.3 is 9.42 Å². The molecular weight excluding hydrogens is 364 g/mol. The van der Waals surface area contributed by atoms with Gasteiger partial charge in [-0.25, -0.2) is 0 Å². The SMILES string of the molecule is O=C(C1CCCN(Cc2nc(-c3ccccc3Cl)no2)C1)N1CCCCC1. The second-order valence-corrected chi connectivity index (χ2v) is 7.86. The first kappa shape index (κ1) is 18.4. The van der Waals surface area contributed by atoms with Crippen LogP contribution in [0.15, 0.2) is 28.8 Å². The van der Waals surface area contributed by atoms with Crippen LogP contribution in [0.2, 0.25) is 5.02 Å². The van der Waals surface area contributed by atoms with Crippen molar-refractivity contribution in [3.05, 3.63) is 35.2 Å². The first-order valence-electron chi connectivity index (χ1n) is 9.79. The molecule has 2 fully saturated rings. The van der Waals surface area contributed by atoms with Crippen LogP contribution in [0, 0.1) is 5.92 Å². The maximum absolute atomic E-state index is 12.8. The molecule has 2 aliphatic heterocycles. The maximum Gasteiger partial charge on any atom is 0.241 e. The lowest BCUT2D eigenvalue weighted by atomic mass is 9.95. The van der Waals surface area contributed by atoms with Crippen LogP contribution in [-0.2, 0) is 11.3 Å². The van der Waals surface area contributed by atoms with Crippen molar-refractivity contribution in [3.8, 4) is 11.4 Å². The van der Waals surface area contributed by atoms with Crippen LogP contribution >= 0.6 is 11.6 Å². The van der Waals surface area contributed by atoms with Crippen molar-refractivity contribution in [2.75, 3.05) is 26.2 Å². The summed E-state index contributed by atoms with van der Waals surface area (Å²) in [7, 11) is 0. The van der Waals surface area contributed by atoms with Gasteiger partial charge in [-0.15, -0.1) is 0 Å². The molecular formula is C20H25ClN4O2. The van der Waals surface area contributed by atoms with E-state index in [2.05, 4.69) is 19.9 Å². The average Bonchev–Trinajstić information content (AvgIpc) is 3.17. The summed E-state index contributed by atoms with van der Waals surface area (Å²) >= 11 is 6.21. The summed E-state index contributed by atoms with van der Waals surface area (Å²) in [5, 5.41) is 4.67.